The Balaban J connectivity index is 2.07. The minimum atomic E-state index is 0.721. The maximum atomic E-state index is 6.06. The number of anilines is 1. The van der Waals surface area contributed by atoms with Crippen LogP contribution in [0.3, 0.4) is 0 Å². The second-order valence-corrected chi connectivity index (χ2v) is 5.99. The number of hydrogen-bond acceptors (Lipinski definition) is 7. The Morgan fingerprint density at radius 2 is 2.12 bits per heavy atom. The van der Waals surface area contributed by atoms with Crippen molar-refractivity contribution in [3.63, 3.8) is 0 Å². The summed E-state index contributed by atoms with van der Waals surface area (Å²) in [6, 6.07) is 4.04. The molecule has 4 nitrogen and oxygen atoms in total. The van der Waals surface area contributed by atoms with Crippen LogP contribution in [0, 0.1) is 0 Å². The van der Waals surface area contributed by atoms with Gasteiger partial charge in [-0.15, -0.1) is 21.5 Å². The maximum absolute atomic E-state index is 6.06. The number of benzene rings is 1. The fourth-order valence-electron chi connectivity index (χ4n) is 1.32. The number of nitrogens with two attached hydrogens (primary N) is 1. The molecule has 80 valence electrons. The molecule has 0 saturated heterocycles. The lowest BCUT2D eigenvalue weighted by Gasteiger charge is -2.02. The van der Waals surface area contributed by atoms with E-state index in [0.29, 0.717) is 0 Å². The van der Waals surface area contributed by atoms with Crippen LogP contribution >= 0.6 is 34.4 Å². The molecule has 3 aromatic rings. The van der Waals surface area contributed by atoms with Crippen molar-refractivity contribution in [3.05, 3.63) is 23.2 Å². The molecule has 0 fully saturated rings. The second kappa shape index (κ2) is 4.00. The third-order valence-electron chi connectivity index (χ3n) is 2.04. The summed E-state index contributed by atoms with van der Waals surface area (Å²) in [4.78, 5) is 5.24. The van der Waals surface area contributed by atoms with E-state index >= 15 is 0 Å². The zero-order valence-electron chi connectivity index (χ0n) is 7.95. The van der Waals surface area contributed by atoms with Crippen LogP contribution in [0.1, 0.15) is 0 Å². The van der Waals surface area contributed by atoms with Gasteiger partial charge in [0.15, 0.2) is 4.34 Å². The highest BCUT2D eigenvalue weighted by Crippen LogP contribution is 2.37. The molecule has 0 atom stereocenters. The van der Waals surface area contributed by atoms with Crippen molar-refractivity contribution >= 4 is 50.3 Å². The number of thiazole rings is 1. The molecule has 0 unspecified atom stereocenters. The maximum Gasteiger partial charge on any atom is 0.178 e. The summed E-state index contributed by atoms with van der Waals surface area (Å²) in [6.07, 6.45) is 0. The van der Waals surface area contributed by atoms with Gasteiger partial charge in [0, 0.05) is 4.90 Å². The molecule has 0 radical (unpaired) electrons. The van der Waals surface area contributed by atoms with Crippen LogP contribution in [0.4, 0.5) is 5.69 Å². The Morgan fingerprint density at radius 1 is 1.19 bits per heavy atom. The van der Waals surface area contributed by atoms with Crippen molar-refractivity contribution in [2.24, 2.45) is 0 Å². The smallest absolute Gasteiger partial charge is 0.178 e. The summed E-state index contributed by atoms with van der Waals surface area (Å²) in [6.45, 7) is 0. The fraction of sp³-hybridized carbons (Fsp3) is 0. The highest BCUT2D eigenvalue weighted by atomic mass is 32.2. The minimum Gasteiger partial charge on any atom is -0.396 e. The Labute approximate surface area is 104 Å². The summed E-state index contributed by atoms with van der Waals surface area (Å²) in [7, 11) is 0. The van der Waals surface area contributed by atoms with Crippen molar-refractivity contribution in [2.45, 2.75) is 9.24 Å². The van der Waals surface area contributed by atoms with Crippen LogP contribution in [0.25, 0.3) is 10.2 Å². The predicted molar refractivity (Wildman–Crippen MR) is 68.1 cm³/mol. The molecule has 0 aliphatic carbocycles. The van der Waals surface area contributed by atoms with E-state index in [9.17, 15) is 0 Å². The van der Waals surface area contributed by atoms with E-state index in [2.05, 4.69) is 15.2 Å². The molecule has 3 rings (SSSR count). The van der Waals surface area contributed by atoms with Gasteiger partial charge >= 0.3 is 0 Å². The van der Waals surface area contributed by atoms with Crippen molar-refractivity contribution in [1.29, 1.82) is 0 Å². The Bertz CT molecular complexity index is 617. The number of fused-ring (bicyclic) bond motifs is 1. The Kier molecular flexibility index (Phi) is 2.50. The lowest BCUT2D eigenvalue weighted by Crippen LogP contribution is -1.89. The second-order valence-electron chi connectivity index (χ2n) is 2.98. The largest absolute Gasteiger partial charge is 0.396 e. The first kappa shape index (κ1) is 10.0. The van der Waals surface area contributed by atoms with Gasteiger partial charge in [0.25, 0.3) is 0 Å². The molecule has 0 saturated carbocycles. The van der Waals surface area contributed by atoms with Gasteiger partial charge < -0.3 is 5.73 Å². The normalized spacial score (nSPS) is 11.0. The first-order valence-electron chi connectivity index (χ1n) is 4.40. The quantitative estimate of drug-likeness (QED) is 0.722. The van der Waals surface area contributed by atoms with E-state index in [0.717, 1.165) is 25.1 Å². The number of hydrogen-bond donors (Lipinski definition) is 1. The van der Waals surface area contributed by atoms with Crippen LogP contribution in [0.15, 0.2) is 32.4 Å². The fourth-order valence-corrected chi connectivity index (χ4v) is 3.51. The SMILES string of the molecule is Nc1c(Sc2nncs2)ccc2scnc12. The van der Waals surface area contributed by atoms with Crippen LogP contribution in [0.2, 0.25) is 0 Å². The molecule has 2 heterocycles. The molecule has 2 aromatic heterocycles. The van der Waals surface area contributed by atoms with Crippen LogP contribution in [0.5, 0.6) is 0 Å². The highest BCUT2D eigenvalue weighted by Gasteiger charge is 2.09. The van der Waals surface area contributed by atoms with E-state index in [-0.39, 0.29) is 0 Å². The molecule has 0 aliphatic heterocycles. The Morgan fingerprint density at radius 3 is 2.94 bits per heavy atom. The monoisotopic (exact) mass is 266 g/mol. The van der Waals surface area contributed by atoms with Crippen molar-refractivity contribution in [1.82, 2.24) is 15.2 Å². The van der Waals surface area contributed by atoms with E-state index in [1.807, 2.05) is 12.1 Å². The summed E-state index contributed by atoms with van der Waals surface area (Å²) >= 11 is 4.62. The molecular weight excluding hydrogens is 260 g/mol. The molecule has 16 heavy (non-hydrogen) atoms. The molecule has 0 aliphatic rings. The van der Waals surface area contributed by atoms with E-state index in [4.69, 9.17) is 5.73 Å². The summed E-state index contributed by atoms with van der Waals surface area (Å²) in [5, 5.41) is 7.77. The van der Waals surface area contributed by atoms with Gasteiger partial charge in [-0.05, 0) is 12.1 Å². The number of aromatic nitrogens is 3. The topological polar surface area (TPSA) is 64.7 Å². The summed E-state index contributed by atoms with van der Waals surface area (Å²) in [5.74, 6) is 0. The van der Waals surface area contributed by atoms with Gasteiger partial charge in [0.05, 0.1) is 15.9 Å². The molecule has 7 heteroatoms. The van der Waals surface area contributed by atoms with Crippen LogP contribution in [-0.4, -0.2) is 15.2 Å². The summed E-state index contributed by atoms with van der Waals surface area (Å²) < 4.78 is 2.00. The first-order chi connectivity index (χ1) is 7.84. The zero-order chi connectivity index (χ0) is 11.0. The molecule has 0 spiro atoms. The van der Waals surface area contributed by atoms with E-state index in [1.165, 1.54) is 23.1 Å². The zero-order valence-corrected chi connectivity index (χ0v) is 10.4. The third kappa shape index (κ3) is 1.66. The van der Waals surface area contributed by atoms with Crippen LogP contribution < -0.4 is 5.73 Å². The van der Waals surface area contributed by atoms with Gasteiger partial charge in [-0.3, -0.25) is 0 Å². The Hall–Kier alpha value is -1.18. The van der Waals surface area contributed by atoms with Crippen molar-refractivity contribution < 1.29 is 0 Å². The van der Waals surface area contributed by atoms with Gasteiger partial charge in [0.1, 0.15) is 11.0 Å². The van der Waals surface area contributed by atoms with E-state index < -0.39 is 0 Å². The number of nitrogen functional groups attached to an aromatic ring is 1. The minimum absolute atomic E-state index is 0.721. The molecule has 0 bridgehead atoms. The third-order valence-corrected chi connectivity index (χ3v) is 4.69. The lowest BCUT2D eigenvalue weighted by molar-refractivity contribution is 1.01. The molecular formula is C9H6N4S3. The van der Waals surface area contributed by atoms with Gasteiger partial charge in [0.2, 0.25) is 0 Å². The van der Waals surface area contributed by atoms with Crippen molar-refractivity contribution in [3.8, 4) is 0 Å². The number of nitrogens with zero attached hydrogens (tertiary/aromatic N) is 3. The standard InChI is InChI=1S/C9H6N4S3/c10-7-5(16-9-13-12-4-15-9)1-2-6-8(7)11-3-14-6/h1-4H,10H2. The van der Waals surface area contributed by atoms with Crippen molar-refractivity contribution in [2.75, 3.05) is 5.73 Å². The predicted octanol–water partition coefficient (Wildman–Crippen LogP) is 2.88. The van der Waals surface area contributed by atoms with Crippen LogP contribution in [-0.2, 0) is 0 Å². The molecule has 1 aromatic carbocycles. The molecule has 0 amide bonds. The first-order valence-corrected chi connectivity index (χ1v) is 6.98. The van der Waals surface area contributed by atoms with E-state index in [1.54, 1.807) is 22.4 Å². The average molecular weight is 266 g/mol. The van der Waals surface area contributed by atoms with Gasteiger partial charge in [-0.2, -0.15) is 0 Å². The lowest BCUT2D eigenvalue weighted by atomic mass is 10.3. The summed E-state index contributed by atoms with van der Waals surface area (Å²) in [5.41, 5.74) is 11.2. The highest BCUT2D eigenvalue weighted by molar-refractivity contribution is 8.01. The van der Waals surface area contributed by atoms with Gasteiger partial charge in [-0.1, -0.05) is 23.1 Å². The number of rotatable bonds is 2. The van der Waals surface area contributed by atoms with Gasteiger partial charge in [-0.25, -0.2) is 4.98 Å². The average Bonchev–Trinajstić information content (AvgIpc) is 2.93. The molecule has 2 N–H and O–H groups in total.